The van der Waals surface area contributed by atoms with Crippen LogP contribution in [0.25, 0.3) is 0 Å². The van der Waals surface area contributed by atoms with Gasteiger partial charge in [0, 0.05) is 23.7 Å². The van der Waals surface area contributed by atoms with Gasteiger partial charge in [-0.05, 0) is 30.1 Å². The van der Waals surface area contributed by atoms with Gasteiger partial charge in [0.25, 0.3) is 11.8 Å². The molecule has 0 amide bonds. The van der Waals surface area contributed by atoms with Crippen molar-refractivity contribution in [3.63, 3.8) is 0 Å². The van der Waals surface area contributed by atoms with E-state index >= 15 is 0 Å². The normalized spacial score (nSPS) is 72.8. The smallest absolute Gasteiger partial charge is 0.206 e. The Hall–Kier alpha value is -0.280. The molecule has 0 radical (unpaired) electrons. The second-order valence-corrected chi connectivity index (χ2v) is 6.17. The molecule has 0 aromatic rings. The van der Waals surface area contributed by atoms with Gasteiger partial charge in [-0.1, -0.05) is 0 Å². The maximum Gasteiger partial charge on any atom is 0.255 e. The van der Waals surface area contributed by atoms with Crippen LogP contribution in [0.3, 0.4) is 0 Å². The van der Waals surface area contributed by atoms with Crippen LogP contribution in [0.1, 0.15) is 6.42 Å². The highest BCUT2D eigenvalue weighted by molar-refractivity contribution is 5.34. The van der Waals surface area contributed by atoms with Crippen molar-refractivity contribution in [3.05, 3.63) is 0 Å². The first-order valence-electron chi connectivity index (χ1n) is 5.73. The van der Waals surface area contributed by atoms with Gasteiger partial charge in [-0.2, -0.15) is 0 Å². The molecule has 5 fully saturated rings. The van der Waals surface area contributed by atoms with E-state index in [1.165, 1.54) is 0 Å². The van der Waals surface area contributed by atoms with Crippen molar-refractivity contribution in [1.82, 2.24) is 0 Å². The maximum absolute atomic E-state index is 13.9. The summed E-state index contributed by atoms with van der Waals surface area (Å²) >= 11 is 0. The minimum Gasteiger partial charge on any atom is -0.206 e. The predicted octanol–water partition coefficient (Wildman–Crippen LogP) is 2.64. The average Bonchev–Trinajstić information content (AvgIpc) is 2.52. The summed E-state index contributed by atoms with van der Waals surface area (Å²) in [6, 6.07) is 0. The monoisotopic (exact) mass is 218 g/mol. The molecule has 0 aromatic heterocycles. The lowest BCUT2D eigenvalue weighted by Gasteiger charge is -2.49. The summed E-state index contributed by atoms with van der Waals surface area (Å²) in [5.41, 5.74) is 0. The van der Waals surface area contributed by atoms with Crippen molar-refractivity contribution in [2.45, 2.75) is 18.3 Å². The lowest BCUT2D eigenvalue weighted by Crippen LogP contribution is -2.57. The second kappa shape index (κ2) is 1.65. The Balaban J connectivity index is 1.83. The van der Waals surface area contributed by atoms with E-state index in [1.54, 1.807) is 0 Å². The summed E-state index contributed by atoms with van der Waals surface area (Å²) in [6.45, 7) is 0. The average molecular weight is 218 g/mol. The summed E-state index contributed by atoms with van der Waals surface area (Å²) in [4.78, 5) is 0. The Kier molecular flexibility index (Phi) is 0.868. The molecule has 8 atom stereocenters. The second-order valence-electron chi connectivity index (χ2n) is 6.17. The molecule has 2 bridgehead atoms. The Morgan fingerprint density at radius 1 is 0.667 bits per heavy atom. The third-order valence-electron chi connectivity index (χ3n) is 6.28. The molecule has 0 nitrogen and oxygen atoms in total. The predicted molar refractivity (Wildman–Crippen MR) is 42.4 cm³/mol. The Morgan fingerprint density at radius 2 is 1.07 bits per heavy atom. The van der Waals surface area contributed by atoms with Crippen molar-refractivity contribution in [1.29, 1.82) is 0 Å². The lowest BCUT2D eigenvalue weighted by atomic mass is 9.58. The molecule has 4 heteroatoms. The van der Waals surface area contributed by atoms with Crippen LogP contribution >= 0.6 is 0 Å². The maximum atomic E-state index is 13.9. The molecule has 0 spiro atoms. The molecule has 0 aromatic carbocycles. The van der Waals surface area contributed by atoms with Crippen molar-refractivity contribution < 1.29 is 17.6 Å². The first-order chi connectivity index (χ1) is 6.97. The molecule has 5 rings (SSSR count). The zero-order chi connectivity index (χ0) is 10.3. The molecule has 0 N–H and O–H groups in total. The third-order valence-corrected chi connectivity index (χ3v) is 6.28. The van der Waals surface area contributed by atoms with Gasteiger partial charge in [0.1, 0.15) is 0 Å². The third kappa shape index (κ3) is 0.464. The van der Waals surface area contributed by atoms with Crippen LogP contribution in [0.4, 0.5) is 17.6 Å². The quantitative estimate of drug-likeness (QED) is 0.548. The van der Waals surface area contributed by atoms with Crippen LogP contribution < -0.4 is 0 Å². The molecule has 82 valence electrons. The highest BCUT2D eigenvalue weighted by Gasteiger charge is 2.93. The molecule has 0 heterocycles. The van der Waals surface area contributed by atoms with E-state index in [9.17, 15) is 17.6 Å². The van der Waals surface area contributed by atoms with Gasteiger partial charge in [-0.25, -0.2) is 17.6 Å². The molecule has 5 aliphatic carbocycles. The number of hydrogen-bond acceptors (Lipinski definition) is 0. The number of halogens is 4. The van der Waals surface area contributed by atoms with Crippen LogP contribution in [-0.4, -0.2) is 11.8 Å². The minimum absolute atomic E-state index is 0.0374. The first kappa shape index (κ1) is 7.91. The van der Waals surface area contributed by atoms with E-state index in [-0.39, 0.29) is 23.7 Å². The molecule has 0 saturated heterocycles. The summed E-state index contributed by atoms with van der Waals surface area (Å²) in [7, 11) is 0. The fourth-order valence-corrected chi connectivity index (χ4v) is 6.33. The Bertz CT molecular complexity index is 350. The van der Waals surface area contributed by atoms with Crippen molar-refractivity contribution >= 4 is 0 Å². The molecular weight excluding hydrogens is 208 g/mol. The van der Waals surface area contributed by atoms with Gasteiger partial charge in [0.05, 0.1) is 0 Å². The summed E-state index contributed by atoms with van der Waals surface area (Å²) < 4.78 is 55.6. The van der Waals surface area contributed by atoms with Gasteiger partial charge >= 0.3 is 0 Å². The lowest BCUT2D eigenvalue weighted by molar-refractivity contribution is -0.250. The van der Waals surface area contributed by atoms with Gasteiger partial charge in [-0.3, -0.25) is 0 Å². The van der Waals surface area contributed by atoms with Crippen molar-refractivity contribution in [2.24, 2.45) is 47.3 Å². The minimum atomic E-state index is -2.77. The molecule has 15 heavy (non-hydrogen) atoms. The first-order valence-corrected chi connectivity index (χ1v) is 5.73. The van der Waals surface area contributed by atoms with Crippen LogP contribution in [0.15, 0.2) is 0 Å². The number of alkyl halides is 4. The van der Waals surface area contributed by atoms with Gasteiger partial charge in [0.15, 0.2) is 0 Å². The van der Waals surface area contributed by atoms with E-state index in [2.05, 4.69) is 0 Å². The molecule has 0 aliphatic heterocycles. The van der Waals surface area contributed by atoms with Crippen LogP contribution in [-0.2, 0) is 0 Å². The Morgan fingerprint density at radius 3 is 1.47 bits per heavy atom. The zero-order valence-corrected chi connectivity index (χ0v) is 7.84. The van der Waals surface area contributed by atoms with Gasteiger partial charge in [-0.15, -0.1) is 0 Å². The van der Waals surface area contributed by atoms with E-state index < -0.39 is 35.5 Å². The highest BCUT2D eigenvalue weighted by atomic mass is 19.3. The standard InChI is InChI=1S/C11H10F4/c12-10(13)6-2-1-3-5-4(2)8(10)9(5)11(14,15)7(3)6/h2-9H,1H2/t2-,3-,4+,5+,6+,7+,8-,9+/m0/s1. The van der Waals surface area contributed by atoms with Crippen molar-refractivity contribution in [3.8, 4) is 0 Å². The SMILES string of the molecule is FC1(F)[C@@H]2[C@H]3C[C@H]4[C@@H]5[C@@H]3[C@@H]1[C@H]5C(F)(F)[C@H]42. The molecule has 5 aliphatic rings. The fourth-order valence-electron chi connectivity index (χ4n) is 6.33. The van der Waals surface area contributed by atoms with E-state index in [0.717, 1.165) is 0 Å². The zero-order valence-electron chi connectivity index (χ0n) is 7.84. The number of hydrogen-bond donors (Lipinski definition) is 0. The summed E-state index contributed by atoms with van der Waals surface area (Å²) in [5.74, 6) is -9.60. The highest BCUT2D eigenvalue weighted by Crippen LogP contribution is 2.89. The van der Waals surface area contributed by atoms with E-state index in [0.29, 0.717) is 6.42 Å². The largest absolute Gasteiger partial charge is 0.255 e. The van der Waals surface area contributed by atoms with Gasteiger partial charge < -0.3 is 0 Å². The molecule has 5 saturated carbocycles. The van der Waals surface area contributed by atoms with E-state index in [4.69, 9.17) is 0 Å². The van der Waals surface area contributed by atoms with Crippen LogP contribution in [0.2, 0.25) is 0 Å². The number of rotatable bonds is 0. The van der Waals surface area contributed by atoms with Crippen LogP contribution in [0.5, 0.6) is 0 Å². The fraction of sp³-hybridized carbons (Fsp3) is 1.00. The van der Waals surface area contributed by atoms with Gasteiger partial charge in [0.2, 0.25) is 0 Å². The summed E-state index contributed by atoms with van der Waals surface area (Å²) in [6.07, 6.45) is 0.669. The van der Waals surface area contributed by atoms with Crippen LogP contribution in [0, 0.1) is 47.3 Å². The molecular formula is C11H10F4. The topological polar surface area (TPSA) is 0 Å². The summed E-state index contributed by atoms with van der Waals surface area (Å²) in [5, 5.41) is 0. The van der Waals surface area contributed by atoms with Crippen molar-refractivity contribution in [2.75, 3.05) is 0 Å². The van der Waals surface area contributed by atoms with E-state index in [1.807, 2.05) is 0 Å². The Labute approximate surface area is 84.0 Å². The molecule has 0 unspecified atom stereocenters. The number of fused-ring (bicyclic) bond motifs is 2.